The Hall–Kier alpha value is -1.59. The number of phenols is 1. The lowest BCUT2D eigenvalue weighted by Gasteiger charge is -2.38. The Bertz CT molecular complexity index is 406. The molecule has 92 valence electrons. The molecule has 5 nitrogen and oxygen atoms in total. The summed E-state index contributed by atoms with van der Waals surface area (Å²) in [5.74, 6) is 0.121. The van der Waals surface area contributed by atoms with Crippen LogP contribution < -0.4 is 10.7 Å². The summed E-state index contributed by atoms with van der Waals surface area (Å²) in [7, 11) is 0. The molecular formula is C12H17N3O2. The normalized spacial score (nSPS) is 17.5. The molecule has 0 unspecified atom stereocenters. The molecule has 0 bridgehead atoms. The molecule has 1 saturated heterocycles. The number of aromatic hydroxyl groups is 1. The number of hydrogen-bond donors (Lipinski definition) is 2. The highest BCUT2D eigenvalue weighted by Crippen LogP contribution is 2.30. The molecule has 0 saturated carbocycles. The van der Waals surface area contributed by atoms with Crippen LogP contribution in [0.15, 0.2) is 24.3 Å². The molecule has 0 aromatic heterocycles. The van der Waals surface area contributed by atoms with Crippen molar-refractivity contribution in [2.75, 3.05) is 24.6 Å². The number of phenolic OH excluding ortho intramolecular Hbond substituents is 1. The van der Waals surface area contributed by atoms with Gasteiger partial charge in [0.25, 0.3) is 0 Å². The first kappa shape index (κ1) is 11.9. The number of amides is 1. The lowest BCUT2D eigenvalue weighted by atomic mass is 10.2. The summed E-state index contributed by atoms with van der Waals surface area (Å²) in [5.41, 5.74) is 6.07. The molecule has 1 heterocycles. The summed E-state index contributed by atoms with van der Waals surface area (Å²) in [4.78, 5) is 12.0. The SMILES string of the molecule is NCCN1CCCC(=O)N1c1ccccc1O. The average molecular weight is 235 g/mol. The van der Waals surface area contributed by atoms with Crippen molar-refractivity contribution in [2.24, 2.45) is 5.73 Å². The molecule has 3 N–H and O–H groups in total. The third-order valence-corrected chi connectivity index (χ3v) is 2.82. The van der Waals surface area contributed by atoms with Crippen LogP contribution in [0, 0.1) is 0 Å². The van der Waals surface area contributed by atoms with Gasteiger partial charge in [-0.1, -0.05) is 12.1 Å². The van der Waals surface area contributed by atoms with E-state index in [0.717, 1.165) is 13.0 Å². The molecule has 17 heavy (non-hydrogen) atoms. The number of rotatable bonds is 3. The summed E-state index contributed by atoms with van der Waals surface area (Å²) in [5, 5.41) is 13.3. The minimum atomic E-state index is 0.00574. The zero-order valence-electron chi connectivity index (χ0n) is 9.67. The van der Waals surface area contributed by atoms with Crippen LogP contribution >= 0.6 is 0 Å². The largest absolute Gasteiger partial charge is 0.506 e. The van der Waals surface area contributed by atoms with Gasteiger partial charge in [0.2, 0.25) is 5.91 Å². The average Bonchev–Trinajstić information content (AvgIpc) is 2.31. The number of benzene rings is 1. The van der Waals surface area contributed by atoms with E-state index in [9.17, 15) is 9.90 Å². The van der Waals surface area contributed by atoms with Crippen molar-refractivity contribution in [1.29, 1.82) is 0 Å². The Morgan fingerprint density at radius 1 is 1.35 bits per heavy atom. The molecule has 0 spiro atoms. The van der Waals surface area contributed by atoms with Crippen molar-refractivity contribution >= 4 is 11.6 Å². The van der Waals surface area contributed by atoms with Gasteiger partial charge in [-0.05, 0) is 18.6 Å². The number of nitrogens with zero attached hydrogens (tertiary/aromatic N) is 2. The van der Waals surface area contributed by atoms with E-state index in [0.29, 0.717) is 25.2 Å². The van der Waals surface area contributed by atoms with Gasteiger partial charge >= 0.3 is 0 Å². The van der Waals surface area contributed by atoms with Gasteiger partial charge in [-0.2, -0.15) is 0 Å². The number of nitrogens with two attached hydrogens (primary N) is 1. The van der Waals surface area contributed by atoms with E-state index in [1.54, 1.807) is 29.3 Å². The molecule has 2 rings (SSSR count). The summed E-state index contributed by atoms with van der Waals surface area (Å²) in [6.07, 6.45) is 1.35. The molecule has 1 fully saturated rings. The van der Waals surface area contributed by atoms with Crippen molar-refractivity contribution in [1.82, 2.24) is 5.01 Å². The van der Waals surface area contributed by atoms with Crippen molar-refractivity contribution in [3.05, 3.63) is 24.3 Å². The van der Waals surface area contributed by atoms with Crippen LogP contribution in [0.3, 0.4) is 0 Å². The number of carbonyl (C=O) groups excluding carboxylic acids is 1. The maximum absolute atomic E-state index is 12.0. The van der Waals surface area contributed by atoms with Crippen LogP contribution in [0.4, 0.5) is 5.69 Å². The summed E-state index contributed by atoms with van der Waals surface area (Å²) < 4.78 is 0. The number of hydrazine groups is 1. The molecular weight excluding hydrogens is 218 g/mol. The van der Waals surface area contributed by atoms with Crippen LogP contribution in [0.1, 0.15) is 12.8 Å². The Morgan fingerprint density at radius 3 is 2.82 bits per heavy atom. The van der Waals surface area contributed by atoms with Gasteiger partial charge in [0.05, 0.1) is 0 Å². The molecule has 1 amide bonds. The highest BCUT2D eigenvalue weighted by Gasteiger charge is 2.28. The van der Waals surface area contributed by atoms with Crippen LogP contribution in [-0.2, 0) is 4.79 Å². The first-order valence-corrected chi connectivity index (χ1v) is 5.80. The van der Waals surface area contributed by atoms with Gasteiger partial charge in [-0.3, -0.25) is 4.79 Å². The quantitative estimate of drug-likeness (QED) is 0.809. The minimum absolute atomic E-state index is 0.00574. The summed E-state index contributed by atoms with van der Waals surface area (Å²) in [6.45, 7) is 1.88. The third-order valence-electron chi connectivity index (χ3n) is 2.82. The van der Waals surface area contributed by atoms with E-state index in [1.807, 2.05) is 5.01 Å². The van der Waals surface area contributed by atoms with E-state index in [1.165, 1.54) is 0 Å². The molecule has 1 aromatic rings. The first-order chi connectivity index (χ1) is 8.24. The number of carbonyl (C=O) groups is 1. The second-order valence-electron chi connectivity index (χ2n) is 4.04. The zero-order valence-corrected chi connectivity index (χ0v) is 9.67. The van der Waals surface area contributed by atoms with Gasteiger partial charge in [0, 0.05) is 26.1 Å². The smallest absolute Gasteiger partial charge is 0.241 e. The minimum Gasteiger partial charge on any atom is -0.506 e. The molecule has 1 aliphatic heterocycles. The maximum atomic E-state index is 12.0. The number of para-hydroxylation sites is 2. The lowest BCUT2D eigenvalue weighted by Crippen LogP contribution is -2.52. The standard InChI is InChI=1S/C12H17N3O2/c13-7-9-14-8-3-6-12(17)15(14)10-4-1-2-5-11(10)16/h1-2,4-5,16H,3,6-9,13H2. The van der Waals surface area contributed by atoms with E-state index in [-0.39, 0.29) is 11.7 Å². The second-order valence-corrected chi connectivity index (χ2v) is 4.04. The van der Waals surface area contributed by atoms with Crippen molar-refractivity contribution < 1.29 is 9.90 Å². The highest BCUT2D eigenvalue weighted by atomic mass is 16.3. The molecule has 0 aliphatic carbocycles. The first-order valence-electron chi connectivity index (χ1n) is 5.80. The predicted molar refractivity (Wildman–Crippen MR) is 65.5 cm³/mol. The van der Waals surface area contributed by atoms with Gasteiger partial charge in [-0.25, -0.2) is 10.0 Å². The van der Waals surface area contributed by atoms with Crippen LogP contribution in [0.25, 0.3) is 0 Å². The zero-order chi connectivity index (χ0) is 12.3. The molecule has 0 atom stereocenters. The van der Waals surface area contributed by atoms with Crippen molar-refractivity contribution in [3.63, 3.8) is 0 Å². The van der Waals surface area contributed by atoms with Gasteiger partial charge in [-0.15, -0.1) is 0 Å². The highest BCUT2D eigenvalue weighted by molar-refractivity contribution is 5.94. The summed E-state index contributed by atoms with van der Waals surface area (Å²) in [6, 6.07) is 6.86. The van der Waals surface area contributed by atoms with Crippen molar-refractivity contribution in [2.45, 2.75) is 12.8 Å². The second kappa shape index (κ2) is 5.16. The molecule has 0 radical (unpaired) electrons. The fourth-order valence-electron chi connectivity index (χ4n) is 2.07. The van der Waals surface area contributed by atoms with Crippen molar-refractivity contribution in [3.8, 4) is 5.75 Å². The topological polar surface area (TPSA) is 69.8 Å². The van der Waals surface area contributed by atoms with Gasteiger partial charge < -0.3 is 10.8 Å². The fraction of sp³-hybridized carbons (Fsp3) is 0.417. The van der Waals surface area contributed by atoms with Crippen LogP contribution in [0.5, 0.6) is 5.75 Å². The van der Waals surface area contributed by atoms with Crippen LogP contribution in [-0.4, -0.2) is 35.7 Å². The van der Waals surface area contributed by atoms with E-state index in [4.69, 9.17) is 5.73 Å². The van der Waals surface area contributed by atoms with Gasteiger partial charge in [0.15, 0.2) is 0 Å². The Balaban J connectivity index is 2.31. The Labute approximate surface area is 100 Å². The number of anilines is 1. The molecule has 5 heteroatoms. The predicted octanol–water partition coefficient (Wildman–Crippen LogP) is 0.695. The Morgan fingerprint density at radius 2 is 2.12 bits per heavy atom. The fourth-order valence-corrected chi connectivity index (χ4v) is 2.07. The Kier molecular flexibility index (Phi) is 3.61. The maximum Gasteiger partial charge on any atom is 0.241 e. The van der Waals surface area contributed by atoms with E-state index >= 15 is 0 Å². The number of hydrogen-bond acceptors (Lipinski definition) is 4. The van der Waals surface area contributed by atoms with E-state index in [2.05, 4.69) is 0 Å². The van der Waals surface area contributed by atoms with E-state index < -0.39 is 0 Å². The third kappa shape index (κ3) is 2.40. The monoisotopic (exact) mass is 235 g/mol. The molecule has 1 aromatic carbocycles. The van der Waals surface area contributed by atoms with Gasteiger partial charge in [0.1, 0.15) is 11.4 Å². The molecule has 1 aliphatic rings. The van der Waals surface area contributed by atoms with Crippen LogP contribution in [0.2, 0.25) is 0 Å². The lowest BCUT2D eigenvalue weighted by molar-refractivity contribution is -0.123. The summed E-state index contributed by atoms with van der Waals surface area (Å²) >= 11 is 0.